The molecule has 0 bridgehead atoms. The Morgan fingerprint density at radius 1 is 1.15 bits per heavy atom. The number of hydrogen-bond donors (Lipinski definition) is 1. The van der Waals surface area contributed by atoms with Crippen molar-refractivity contribution in [3.8, 4) is 17.0 Å². The van der Waals surface area contributed by atoms with Gasteiger partial charge in [-0.15, -0.1) is 0 Å². The van der Waals surface area contributed by atoms with E-state index in [0.29, 0.717) is 36.2 Å². The topological polar surface area (TPSA) is 83.6 Å². The molecule has 3 aliphatic rings. The zero-order valence-electron chi connectivity index (χ0n) is 18.6. The monoisotopic (exact) mass is 463 g/mol. The quantitative estimate of drug-likeness (QED) is 0.725. The number of alkyl halides is 3. The van der Waals surface area contributed by atoms with Gasteiger partial charge in [0, 0.05) is 56.5 Å². The molecular formula is C22H28F3N7O. The molecule has 2 N–H and O–H groups in total. The molecule has 0 amide bonds. The summed E-state index contributed by atoms with van der Waals surface area (Å²) in [6.45, 7) is 3.04. The highest BCUT2D eigenvalue weighted by atomic mass is 19.3. The van der Waals surface area contributed by atoms with E-state index < -0.39 is 12.3 Å². The maximum atomic E-state index is 14.6. The van der Waals surface area contributed by atoms with Crippen LogP contribution in [0.5, 0.6) is 5.75 Å². The molecule has 33 heavy (non-hydrogen) atoms. The summed E-state index contributed by atoms with van der Waals surface area (Å²) in [7, 11) is 0. The van der Waals surface area contributed by atoms with Crippen LogP contribution in [0.25, 0.3) is 11.3 Å². The van der Waals surface area contributed by atoms with E-state index in [4.69, 9.17) is 10.7 Å². The Morgan fingerprint density at radius 2 is 2.00 bits per heavy atom. The van der Waals surface area contributed by atoms with Gasteiger partial charge in [-0.2, -0.15) is 13.8 Å². The largest absolute Gasteiger partial charge is 0.431 e. The first kappa shape index (κ1) is 22.0. The molecule has 3 fully saturated rings. The summed E-state index contributed by atoms with van der Waals surface area (Å²) in [6.07, 6.45) is 4.23. The molecule has 0 aromatic carbocycles. The number of aromatic nitrogens is 3. The van der Waals surface area contributed by atoms with Gasteiger partial charge in [-0.1, -0.05) is 0 Å². The van der Waals surface area contributed by atoms with Gasteiger partial charge in [0.2, 0.25) is 5.95 Å². The first-order valence-corrected chi connectivity index (χ1v) is 11.3. The number of piperazine rings is 1. The summed E-state index contributed by atoms with van der Waals surface area (Å²) in [5, 5.41) is 0. The van der Waals surface area contributed by atoms with Gasteiger partial charge in [0.1, 0.15) is 11.5 Å². The molecular weight excluding hydrogens is 435 g/mol. The molecule has 178 valence electrons. The van der Waals surface area contributed by atoms with E-state index in [1.165, 1.54) is 18.7 Å². The van der Waals surface area contributed by atoms with E-state index in [9.17, 15) is 13.2 Å². The van der Waals surface area contributed by atoms with E-state index in [2.05, 4.69) is 24.5 Å². The van der Waals surface area contributed by atoms with Crippen LogP contribution in [0, 0.1) is 0 Å². The molecule has 0 spiro atoms. The molecule has 2 aromatic heterocycles. The number of halogens is 3. The molecule has 5 heterocycles. The third-order valence-corrected chi connectivity index (χ3v) is 6.71. The Bertz CT molecular complexity index is 1020. The zero-order valence-corrected chi connectivity index (χ0v) is 18.6. The first-order chi connectivity index (χ1) is 15.8. The van der Waals surface area contributed by atoms with Crippen molar-refractivity contribution in [3.63, 3.8) is 0 Å². The minimum Gasteiger partial charge on any atom is -0.431 e. The van der Waals surface area contributed by atoms with Gasteiger partial charge in [-0.3, -0.25) is 4.90 Å². The molecule has 0 saturated carbocycles. The Labute approximate surface area is 190 Å². The van der Waals surface area contributed by atoms with Crippen molar-refractivity contribution in [2.75, 3.05) is 54.8 Å². The molecule has 0 aliphatic carbocycles. The SMILES string of the molecule is C[C@]1(F)CCN(c2nc(-c3cnc(N)c(OC(F)F)c3)cc(N3CCN4CCC[C@@H]4C3)n2)C1. The van der Waals surface area contributed by atoms with Crippen molar-refractivity contribution in [1.29, 1.82) is 0 Å². The average molecular weight is 464 g/mol. The minimum absolute atomic E-state index is 0.126. The molecule has 2 atom stereocenters. The molecule has 3 aliphatic heterocycles. The third kappa shape index (κ3) is 4.64. The van der Waals surface area contributed by atoms with Gasteiger partial charge >= 0.3 is 6.61 Å². The Morgan fingerprint density at radius 3 is 2.76 bits per heavy atom. The normalized spacial score (nSPS) is 25.7. The van der Waals surface area contributed by atoms with Crippen molar-refractivity contribution in [2.45, 2.75) is 44.5 Å². The predicted molar refractivity (Wildman–Crippen MR) is 119 cm³/mol. The standard InChI is InChI=1S/C22H28F3N7O/c1-22(25)4-6-32(13-22)21-28-16(14-9-17(33-20(23)24)19(26)27-11-14)10-18(29-21)31-8-7-30-5-2-3-15(30)12-31/h9-11,15,20H,2-8,12-13H2,1H3,(H2,26,27)/t15-,22+/m1/s1. The van der Waals surface area contributed by atoms with Gasteiger partial charge in [0.15, 0.2) is 11.6 Å². The van der Waals surface area contributed by atoms with E-state index in [-0.39, 0.29) is 18.1 Å². The van der Waals surface area contributed by atoms with Crippen LogP contribution in [0.3, 0.4) is 0 Å². The summed E-state index contributed by atoms with van der Waals surface area (Å²) in [6, 6.07) is 3.73. The van der Waals surface area contributed by atoms with Gasteiger partial charge in [0.05, 0.1) is 12.2 Å². The average Bonchev–Trinajstić information content (AvgIpc) is 3.40. The van der Waals surface area contributed by atoms with Crippen LogP contribution in [-0.4, -0.2) is 77.4 Å². The lowest BCUT2D eigenvalue weighted by Crippen LogP contribution is -2.50. The zero-order chi connectivity index (χ0) is 23.2. The molecule has 3 saturated heterocycles. The van der Waals surface area contributed by atoms with E-state index in [1.807, 2.05) is 11.0 Å². The first-order valence-electron chi connectivity index (χ1n) is 11.3. The second-order valence-corrected chi connectivity index (χ2v) is 9.26. The van der Waals surface area contributed by atoms with Crippen LogP contribution in [0.15, 0.2) is 18.3 Å². The highest BCUT2D eigenvalue weighted by Crippen LogP contribution is 2.34. The summed E-state index contributed by atoms with van der Waals surface area (Å²) in [4.78, 5) is 20.0. The van der Waals surface area contributed by atoms with Crippen LogP contribution in [0.4, 0.5) is 30.8 Å². The van der Waals surface area contributed by atoms with Gasteiger partial charge in [0.25, 0.3) is 0 Å². The lowest BCUT2D eigenvalue weighted by atomic mass is 10.1. The molecule has 8 nitrogen and oxygen atoms in total. The van der Waals surface area contributed by atoms with Gasteiger partial charge in [-0.25, -0.2) is 14.4 Å². The summed E-state index contributed by atoms with van der Waals surface area (Å²) in [5.41, 5.74) is 5.38. The number of nitrogens with zero attached hydrogens (tertiary/aromatic N) is 6. The number of nitrogen functional groups attached to an aromatic ring is 1. The third-order valence-electron chi connectivity index (χ3n) is 6.71. The number of hydrogen-bond acceptors (Lipinski definition) is 8. The number of fused-ring (bicyclic) bond motifs is 1. The molecule has 0 unspecified atom stereocenters. The Hall–Kier alpha value is -2.82. The Balaban J connectivity index is 1.52. The number of ether oxygens (including phenoxy) is 1. The maximum absolute atomic E-state index is 14.6. The fourth-order valence-electron chi connectivity index (χ4n) is 4.95. The molecule has 5 rings (SSSR count). The number of nitrogens with two attached hydrogens (primary N) is 1. The van der Waals surface area contributed by atoms with Crippen LogP contribution in [-0.2, 0) is 0 Å². The van der Waals surface area contributed by atoms with E-state index in [0.717, 1.165) is 38.4 Å². The smallest absolute Gasteiger partial charge is 0.387 e. The number of anilines is 3. The fourth-order valence-corrected chi connectivity index (χ4v) is 4.95. The maximum Gasteiger partial charge on any atom is 0.387 e. The molecule has 2 aromatic rings. The predicted octanol–water partition coefficient (Wildman–Crippen LogP) is 2.94. The van der Waals surface area contributed by atoms with Crippen LogP contribution < -0.4 is 20.3 Å². The van der Waals surface area contributed by atoms with E-state index >= 15 is 0 Å². The van der Waals surface area contributed by atoms with Crippen LogP contribution >= 0.6 is 0 Å². The second-order valence-electron chi connectivity index (χ2n) is 9.26. The Kier molecular flexibility index (Phi) is 5.67. The minimum atomic E-state index is -3.02. The highest BCUT2D eigenvalue weighted by molar-refractivity contribution is 5.68. The van der Waals surface area contributed by atoms with Crippen molar-refractivity contribution in [2.24, 2.45) is 0 Å². The lowest BCUT2D eigenvalue weighted by Gasteiger charge is -2.38. The molecule has 0 radical (unpaired) electrons. The fraction of sp³-hybridized carbons (Fsp3) is 0.591. The van der Waals surface area contributed by atoms with Gasteiger partial charge in [-0.05, 0) is 32.4 Å². The van der Waals surface area contributed by atoms with Crippen LogP contribution in [0.2, 0.25) is 0 Å². The number of pyridine rings is 1. The number of rotatable bonds is 5. The van der Waals surface area contributed by atoms with Crippen molar-refractivity contribution in [3.05, 3.63) is 18.3 Å². The van der Waals surface area contributed by atoms with Crippen molar-refractivity contribution >= 4 is 17.6 Å². The highest BCUT2D eigenvalue weighted by Gasteiger charge is 2.36. The van der Waals surface area contributed by atoms with E-state index in [1.54, 1.807) is 6.92 Å². The lowest BCUT2D eigenvalue weighted by molar-refractivity contribution is -0.0494. The molecule has 11 heteroatoms. The van der Waals surface area contributed by atoms with Crippen molar-refractivity contribution in [1.82, 2.24) is 19.9 Å². The summed E-state index contributed by atoms with van der Waals surface area (Å²) >= 11 is 0. The van der Waals surface area contributed by atoms with Gasteiger partial charge < -0.3 is 20.3 Å². The summed E-state index contributed by atoms with van der Waals surface area (Å²) < 4.78 is 44.7. The summed E-state index contributed by atoms with van der Waals surface area (Å²) in [5.74, 6) is 0.827. The second kappa shape index (κ2) is 8.51. The van der Waals surface area contributed by atoms with Crippen LogP contribution in [0.1, 0.15) is 26.2 Å². The van der Waals surface area contributed by atoms with Crippen molar-refractivity contribution < 1.29 is 17.9 Å².